The second kappa shape index (κ2) is 5.89. The Morgan fingerprint density at radius 3 is 2.29 bits per heavy atom. The Morgan fingerprint density at radius 1 is 1.29 bits per heavy atom. The molecule has 1 aliphatic rings. The summed E-state index contributed by atoms with van der Waals surface area (Å²) in [6.07, 6.45) is 7.57. The van der Waals surface area contributed by atoms with Gasteiger partial charge in [0.15, 0.2) is 0 Å². The summed E-state index contributed by atoms with van der Waals surface area (Å²) >= 11 is 2.41. The molecule has 1 rings (SSSR count). The third kappa shape index (κ3) is 3.07. The zero-order chi connectivity index (χ0) is 10.6. The molecule has 14 heavy (non-hydrogen) atoms. The number of hydrogen-bond donors (Lipinski definition) is 0. The fourth-order valence-corrected chi connectivity index (χ4v) is 2.85. The van der Waals surface area contributed by atoms with E-state index in [1.54, 1.807) is 0 Å². The molecule has 0 amide bonds. The maximum atomic E-state index is 4.45. The van der Waals surface area contributed by atoms with Gasteiger partial charge < -0.3 is 0 Å². The standard InChI is InChI=1S/C12H20IN/c1-4-11(13)12(14-3)10-7-5-9(2)6-8-10/h4,9-10H,5-8H2,1-3H3/b11-4+,14-12?. The van der Waals surface area contributed by atoms with Crippen molar-refractivity contribution in [3.8, 4) is 0 Å². The van der Waals surface area contributed by atoms with Crippen molar-refractivity contribution in [3.05, 3.63) is 9.66 Å². The van der Waals surface area contributed by atoms with Gasteiger partial charge in [-0.3, -0.25) is 4.99 Å². The minimum Gasteiger partial charge on any atom is -0.292 e. The first-order valence-corrected chi connectivity index (χ1v) is 6.55. The van der Waals surface area contributed by atoms with Crippen molar-refractivity contribution in [2.45, 2.75) is 39.5 Å². The molecule has 1 fully saturated rings. The SMILES string of the molecule is C/C=C(/I)C(=NC)C1CCC(C)CC1. The van der Waals surface area contributed by atoms with Crippen LogP contribution in [0.1, 0.15) is 39.5 Å². The van der Waals surface area contributed by atoms with Crippen LogP contribution in [0.4, 0.5) is 0 Å². The van der Waals surface area contributed by atoms with Crippen molar-refractivity contribution < 1.29 is 0 Å². The highest BCUT2D eigenvalue weighted by Crippen LogP contribution is 2.32. The fraction of sp³-hybridized carbons (Fsp3) is 0.750. The molecule has 0 bridgehead atoms. The van der Waals surface area contributed by atoms with E-state index >= 15 is 0 Å². The van der Waals surface area contributed by atoms with Crippen LogP contribution in [0.2, 0.25) is 0 Å². The summed E-state index contributed by atoms with van der Waals surface area (Å²) in [6.45, 7) is 4.46. The molecule has 0 radical (unpaired) electrons. The lowest BCUT2D eigenvalue weighted by Gasteiger charge is -2.27. The molecule has 1 aliphatic carbocycles. The van der Waals surface area contributed by atoms with Crippen LogP contribution < -0.4 is 0 Å². The summed E-state index contributed by atoms with van der Waals surface area (Å²) in [4.78, 5) is 4.45. The van der Waals surface area contributed by atoms with Crippen LogP contribution >= 0.6 is 22.6 Å². The second-order valence-corrected chi connectivity index (χ2v) is 5.36. The Morgan fingerprint density at radius 2 is 1.86 bits per heavy atom. The summed E-state index contributed by atoms with van der Waals surface area (Å²) in [6, 6.07) is 0. The van der Waals surface area contributed by atoms with Gasteiger partial charge in [0.05, 0.1) is 5.71 Å². The zero-order valence-electron chi connectivity index (χ0n) is 9.39. The predicted molar refractivity (Wildman–Crippen MR) is 72.3 cm³/mol. The first kappa shape index (κ1) is 12.2. The molecule has 0 unspecified atom stereocenters. The van der Waals surface area contributed by atoms with Gasteiger partial charge in [0.25, 0.3) is 0 Å². The van der Waals surface area contributed by atoms with Crippen molar-refractivity contribution in [1.29, 1.82) is 0 Å². The average molecular weight is 305 g/mol. The number of halogens is 1. The van der Waals surface area contributed by atoms with Crippen LogP contribution in [0.3, 0.4) is 0 Å². The highest BCUT2D eigenvalue weighted by Gasteiger charge is 2.23. The Kier molecular flexibility index (Phi) is 5.13. The minimum absolute atomic E-state index is 0.722. The van der Waals surface area contributed by atoms with E-state index in [1.165, 1.54) is 35.0 Å². The van der Waals surface area contributed by atoms with Crippen LogP contribution in [-0.4, -0.2) is 12.8 Å². The van der Waals surface area contributed by atoms with Gasteiger partial charge in [0, 0.05) is 16.5 Å². The number of allylic oxidation sites excluding steroid dienone is 2. The molecule has 0 aromatic rings. The van der Waals surface area contributed by atoms with Gasteiger partial charge in [0.2, 0.25) is 0 Å². The molecule has 0 heterocycles. The van der Waals surface area contributed by atoms with Gasteiger partial charge in [-0.25, -0.2) is 0 Å². The fourth-order valence-electron chi connectivity index (χ4n) is 2.17. The van der Waals surface area contributed by atoms with Gasteiger partial charge in [-0.05, 0) is 48.3 Å². The van der Waals surface area contributed by atoms with E-state index in [1.807, 2.05) is 7.05 Å². The van der Waals surface area contributed by atoms with Gasteiger partial charge in [-0.15, -0.1) is 0 Å². The van der Waals surface area contributed by atoms with Gasteiger partial charge in [-0.2, -0.15) is 0 Å². The number of hydrogen-bond acceptors (Lipinski definition) is 1. The normalized spacial score (nSPS) is 30.6. The molecule has 0 aromatic carbocycles. The topological polar surface area (TPSA) is 12.4 Å². The highest BCUT2D eigenvalue weighted by molar-refractivity contribution is 14.1. The van der Waals surface area contributed by atoms with Crippen molar-refractivity contribution in [1.82, 2.24) is 0 Å². The molecule has 0 N–H and O–H groups in total. The summed E-state index contributed by atoms with van der Waals surface area (Å²) < 4.78 is 1.34. The molecule has 0 aromatic heterocycles. The maximum Gasteiger partial charge on any atom is 0.0505 e. The molecule has 2 heteroatoms. The highest BCUT2D eigenvalue weighted by atomic mass is 127. The van der Waals surface area contributed by atoms with Crippen LogP contribution in [0.15, 0.2) is 14.6 Å². The number of rotatable bonds is 2. The summed E-state index contributed by atoms with van der Waals surface area (Å²) in [5.74, 6) is 1.65. The van der Waals surface area contributed by atoms with E-state index in [-0.39, 0.29) is 0 Å². The van der Waals surface area contributed by atoms with Gasteiger partial charge in [-0.1, -0.05) is 25.8 Å². The monoisotopic (exact) mass is 305 g/mol. The van der Waals surface area contributed by atoms with E-state index < -0.39 is 0 Å². The molecule has 0 spiro atoms. The van der Waals surface area contributed by atoms with E-state index in [0.29, 0.717) is 0 Å². The van der Waals surface area contributed by atoms with Gasteiger partial charge >= 0.3 is 0 Å². The lowest BCUT2D eigenvalue weighted by Crippen LogP contribution is -2.21. The van der Waals surface area contributed by atoms with Crippen molar-refractivity contribution in [3.63, 3.8) is 0 Å². The summed E-state index contributed by atoms with van der Waals surface area (Å²) in [5, 5.41) is 0. The maximum absolute atomic E-state index is 4.45. The van der Waals surface area contributed by atoms with Crippen molar-refractivity contribution in [2.24, 2.45) is 16.8 Å². The molecule has 0 aliphatic heterocycles. The third-order valence-corrected chi connectivity index (χ3v) is 4.32. The number of aliphatic imine (C=N–C) groups is 1. The molecule has 1 nitrogen and oxygen atoms in total. The van der Waals surface area contributed by atoms with E-state index in [0.717, 1.165) is 11.8 Å². The molecule has 0 saturated heterocycles. The first-order valence-electron chi connectivity index (χ1n) is 5.47. The first-order chi connectivity index (χ1) is 6.69. The molecule has 1 saturated carbocycles. The minimum atomic E-state index is 0.722. The molecule has 0 atom stereocenters. The lowest BCUT2D eigenvalue weighted by molar-refractivity contribution is 0.344. The smallest absolute Gasteiger partial charge is 0.0505 e. The summed E-state index contributed by atoms with van der Waals surface area (Å²) in [5.41, 5.74) is 1.33. The van der Waals surface area contributed by atoms with Crippen LogP contribution in [-0.2, 0) is 0 Å². The van der Waals surface area contributed by atoms with E-state index in [2.05, 4.69) is 47.5 Å². The van der Waals surface area contributed by atoms with Gasteiger partial charge in [0.1, 0.15) is 0 Å². The van der Waals surface area contributed by atoms with Crippen LogP contribution in [0, 0.1) is 11.8 Å². The van der Waals surface area contributed by atoms with Crippen molar-refractivity contribution in [2.75, 3.05) is 7.05 Å². The lowest BCUT2D eigenvalue weighted by atomic mass is 9.80. The van der Waals surface area contributed by atoms with E-state index in [9.17, 15) is 0 Å². The second-order valence-electron chi connectivity index (χ2n) is 4.20. The Labute approximate surface area is 101 Å². The Balaban J connectivity index is 2.64. The zero-order valence-corrected chi connectivity index (χ0v) is 11.5. The van der Waals surface area contributed by atoms with E-state index in [4.69, 9.17) is 0 Å². The number of nitrogens with zero attached hydrogens (tertiary/aromatic N) is 1. The van der Waals surface area contributed by atoms with Crippen LogP contribution in [0.25, 0.3) is 0 Å². The third-order valence-electron chi connectivity index (χ3n) is 3.14. The summed E-state index contributed by atoms with van der Waals surface area (Å²) in [7, 11) is 1.93. The average Bonchev–Trinajstić information content (AvgIpc) is 2.21. The predicted octanol–water partition coefficient (Wildman–Crippen LogP) is 4.22. The quantitative estimate of drug-likeness (QED) is 0.535. The van der Waals surface area contributed by atoms with Crippen molar-refractivity contribution >= 4 is 28.3 Å². The largest absolute Gasteiger partial charge is 0.292 e. The molecule has 80 valence electrons. The molecular weight excluding hydrogens is 285 g/mol. The van der Waals surface area contributed by atoms with Crippen LogP contribution in [0.5, 0.6) is 0 Å². The Hall–Kier alpha value is 0.140. The molecular formula is C12H20IN. The Bertz CT molecular complexity index is 235.